The van der Waals surface area contributed by atoms with Crippen LogP contribution in [-0.2, 0) is 14.2 Å². The van der Waals surface area contributed by atoms with Gasteiger partial charge in [-0.05, 0) is 50.4 Å². The van der Waals surface area contributed by atoms with Gasteiger partial charge in [-0.25, -0.2) is 0 Å². The molecule has 3 aliphatic rings. The first-order valence-electron chi connectivity index (χ1n) is 8.90. The number of ether oxygens (including phenoxy) is 3. The second kappa shape index (κ2) is 8.28. The van der Waals surface area contributed by atoms with E-state index in [1.807, 2.05) is 0 Å². The molecule has 2 unspecified atom stereocenters. The molecule has 0 bridgehead atoms. The molecule has 1 aliphatic heterocycles. The van der Waals surface area contributed by atoms with E-state index in [0.717, 1.165) is 39.6 Å². The van der Waals surface area contributed by atoms with Gasteiger partial charge in [-0.15, -0.1) is 0 Å². The van der Waals surface area contributed by atoms with E-state index in [9.17, 15) is 0 Å². The van der Waals surface area contributed by atoms with Crippen LogP contribution >= 0.6 is 0 Å². The summed E-state index contributed by atoms with van der Waals surface area (Å²) in [5, 5.41) is 0. The van der Waals surface area contributed by atoms with Gasteiger partial charge in [0.25, 0.3) is 0 Å². The van der Waals surface area contributed by atoms with Crippen LogP contribution in [0.5, 0.6) is 0 Å². The van der Waals surface area contributed by atoms with Gasteiger partial charge in [-0.3, -0.25) is 0 Å². The summed E-state index contributed by atoms with van der Waals surface area (Å²) in [5.74, 6) is 1.41. The molecule has 0 aromatic rings. The van der Waals surface area contributed by atoms with Gasteiger partial charge in [0.1, 0.15) is 0 Å². The Morgan fingerprint density at radius 2 is 1.36 bits per heavy atom. The topological polar surface area (TPSA) is 27.7 Å². The van der Waals surface area contributed by atoms with Gasteiger partial charge in [-0.2, -0.15) is 0 Å². The van der Waals surface area contributed by atoms with E-state index in [1.165, 1.54) is 38.5 Å². The predicted molar refractivity (Wildman–Crippen MR) is 87.9 cm³/mol. The summed E-state index contributed by atoms with van der Waals surface area (Å²) < 4.78 is 17.5. The molecule has 0 radical (unpaired) electrons. The van der Waals surface area contributed by atoms with Crippen LogP contribution in [0.4, 0.5) is 0 Å². The molecule has 22 heavy (non-hydrogen) atoms. The monoisotopic (exact) mass is 306 g/mol. The Bertz CT molecular complexity index is 352. The lowest BCUT2D eigenvalue weighted by molar-refractivity contribution is -0.181. The molecule has 124 valence electrons. The normalized spacial score (nSPS) is 30.2. The Labute approximate surface area is 134 Å². The second-order valence-corrected chi connectivity index (χ2v) is 7.32. The summed E-state index contributed by atoms with van der Waals surface area (Å²) in [6, 6.07) is 0. The Balaban J connectivity index is 1.32. The Morgan fingerprint density at radius 3 is 1.73 bits per heavy atom. The third kappa shape index (κ3) is 4.68. The van der Waals surface area contributed by atoms with Crippen LogP contribution in [-0.4, -0.2) is 39.6 Å². The van der Waals surface area contributed by atoms with Crippen molar-refractivity contribution in [1.82, 2.24) is 0 Å². The average Bonchev–Trinajstić information content (AvgIpc) is 2.54. The van der Waals surface area contributed by atoms with Gasteiger partial charge in [0, 0.05) is 13.2 Å². The highest BCUT2D eigenvalue weighted by molar-refractivity contribution is 4.91. The SMILES string of the molecule is C1=CCC(COCC2(COCC3CC=CCC3)COC2)CC1. The van der Waals surface area contributed by atoms with Gasteiger partial charge in [0.05, 0.1) is 31.8 Å². The molecule has 1 saturated heterocycles. The first-order chi connectivity index (χ1) is 10.9. The molecular weight excluding hydrogens is 276 g/mol. The summed E-state index contributed by atoms with van der Waals surface area (Å²) in [6.07, 6.45) is 16.5. The molecule has 0 spiro atoms. The molecule has 3 heteroatoms. The lowest BCUT2D eigenvalue weighted by Gasteiger charge is -2.41. The van der Waals surface area contributed by atoms with E-state index in [4.69, 9.17) is 14.2 Å². The maximum atomic E-state index is 6.02. The summed E-state index contributed by atoms with van der Waals surface area (Å²) in [4.78, 5) is 0. The first kappa shape index (κ1) is 16.2. The maximum Gasteiger partial charge on any atom is 0.0637 e. The van der Waals surface area contributed by atoms with E-state index in [0.29, 0.717) is 11.8 Å². The maximum absolute atomic E-state index is 6.02. The molecule has 0 N–H and O–H groups in total. The zero-order valence-corrected chi connectivity index (χ0v) is 13.7. The van der Waals surface area contributed by atoms with Gasteiger partial charge in [0.15, 0.2) is 0 Å². The summed E-state index contributed by atoms with van der Waals surface area (Å²) in [5.41, 5.74) is 0.120. The Morgan fingerprint density at radius 1 is 0.818 bits per heavy atom. The van der Waals surface area contributed by atoms with Crippen molar-refractivity contribution in [1.29, 1.82) is 0 Å². The highest BCUT2D eigenvalue weighted by Crippen LogP contribution is 2.30. The van der Waals surface area contributed by atoms with Crippen molar-refractivity contribution < 1.29 is 14.2 Å². The lowest BCUT2D eigenvalue weighted by Crippen LogP contribution is -2.50. The quantitative estimate of drug-likeness (QED) is 0.639. The summed E-state index contributed by atoms with van der Waals surface area (Å²) in [6.45, 7) is 4.94. The van der Waals surface area contributed by atoms with E-state index in [-0.39, 0.29) is 5.41 Å². The molecule has 0 aromatic heterocycles. The molecule has 0 saturated carbocycles. The van der Waals surface area contributed by atoms with E-state index < -0.39 is 0 Å². The van der Waals surface area contributed by atoms with E-state index in [1.54, 1.807) is 0 Å². The average molecular weight is 306 g/mol. The largest absolute Gasteiger partial charge is 0.380 e. The van der Waals surface area contributed by atoms with Crippen molar-refractivity contribution >= 4 is 0 Å². The van der Waals surface area contributed by atoms with Crippen LogP contribution < -0.4 is 0 Å². The number of rotatable bonds is 8. The fourth-order valence-corrected chi connectivity index (χ4v) is 3.50. The van der Waals surface area contributed by atoms with Crippen LogP contribution in [0.25, 0.3) is 0 Å². The van der Waals surface area contributed by atoms with Gasteiger partial charge < -0.3 is 14.2 Å². The van der Waals surface area contributed by atoms with Crippen molar-refractivity contribution in [3.8, 4) is 0 Å². The molecule has 0 aromatic carbocycles. The van der Waals surface area contributed by atoms with Crippen LogP contribution in [0.3, 0.4) is 0 Å². The van der Waals surface area contributed by atoms with Crippen molar-refractivity contribution in [2.24, 2.45) is 17.3 Å². The van der Waals surface area contributed by atoms with Crippen LogP contribution in [0.1, 0.15) is 38.5 Å². The minimum Gasteiger partial charge on any atom is -0.380 e. The van der Waals surface area contributed by atoms with Gasteiger partial charge in [-0.1, -0.05) is 24.3 Å². The second-order valence-electron chi connectivity index (χ2n) is 7.32. The molecule has 2 aliphatic carbocycles. The molecule has 3 rings (SSSR count). The Hall–Kier alpha value is -0.640. The molecule has 3 nitrogen and oxygen atoms in total. The molecular formula is C19H30O3. The highest BCUT2D eigenvalue weighted by Gasteiger charge is 2.39. The highest BCUT2D eigenvalue weighted by atomic mass is 16.5. The van der Waals surface area contributed by atoms with Crippen molar-refractivity contribution in [2.45, 2.75) is 38.5 Å². The van der Waals surface area contributed by atoms with Crippen LogP contribution in [0, 0.1) is 17.3 Å². The minimum absolute atomic E-state index is 0.120. The van der Waals surface area contributed by atoms with Crippen molar-refractivity contribution in [2.75, 3.05) is 39.6 Å². The molecule has 0 amide bonds. The molecule has 2 atom stereocenters. The fraction of sp³-hybridized carbons (Fsp3) is 0.789. The third-order valence-corrected chi connectivity index (χ3v) is 5.10. The first-order valence-corrected chi connectivity index (χ1v) is 8.90. The zero-order valence-electron chi connectivity index (χ0n) is 13.7. The standard InChI is InChI=1S/C19H30O3/c1-3-7-17(8-4-1)11-20-13-19(15-22-16-19)14-21-12-18-9-5-2-6-10-18/h1-3,5,17-18H,4,6-16H2. The third-order valence-electron chi connectivity index (χ3n) is 5.10. The number of allylic oxidation sites excluding steroid dienone is 4. The zero-order chi connectivity index (χ0) is 15.1. The predicted octanol–water partition coefficient (Wildman–Crippen LogP) is 3.75. The van der Waals surface area contributed by atoms with E-state index >= 15 is 0 Å². The van der Waals surface area contributed by atoms with Gasteiger partial charge in [0.2, 0.25) is 0 Å². The summed E-state index contributed by atoms with van der Waals surface area (Å²) >= 11 is 0. The Kier molecular flexibility index (Phi) is 6.11. The van der Waals surface area contributed by atoms with Crippen molar-refractivity contribution in [3.63, 3.8) is 0 Å². The van der Waals surface area contributed by atoms with Crippen LogP contribution in [0.2, 0.25) is 0 Å². The van der Waals surface area contributed by atoms with Crippen molar-refractivity contribution in [3.05, 3.63) is 24.3 Å². The lowest BCUT2D eigenvalue weighted by atomic mass is 9.87. The fourth-order valence-electron chi connectivity index (χ4n) is 3.50. The van der Waals surface area contributed by atoms with E-state index in [2.05, 4.69) is 24.3 Å². The molecule has 1 fully saturated rings. The molecule has 1 heterocycles. The summed E-state index contributed by atoms with van der Waals surface area (Å²) in [7, 11) is 0. The number of hydrogen-bond acceptors (Lipinski definition) is 3. The smallest absolute Gasteiger partial charge is 0.0637 e. The van der Waals surface area contributed by atoms with Gasteiger partial charge >= 0.3 is 0 Å². The van der Waals surface area contributed by atoms with Crippen LogP contribution in [0.15, 0.2) is 24.3 Å². The number of hydrogen-bond donors (Lipinski definition) is 0. The minimum atomic E-state index is 0.120.